The van der Waals surface area contributed by atoms with E-state index in [-0.39, 0.29) is 5.91 Å². The van der Waals surface area contributed by atoms with Gasteiger partial charge in [0.2, 0.25) is 0 Å². The second-order valence-corrected chi connectivity index (χ2v) is 4.17. The van der Waals surface area contributed by atoms with E-state index >= 15 is 0 Å². The summed E-state index contributed by atoms with van der Waals surface area (Å²) in [4.78, 5) is 11.8. The molecule has 0 atom stereocenters. The van der Waals surface area contributed by atoms with Crippen molar-refractivity contribution >= 4 is 5.91 Å². The topological polar surface area (TPSA) is 33.0 Å². The number of pyridine rings is 1. The summed E-state index contributed by atoms with van der Waals surface area (Å²) in [5.74, 6) is -0.0193. The van der Waals surface area contributed by atoms with Crippen LogP contribution in [0.5, 0.6) is 0 Å². The summed E-state index contributed by atoms with van der Waals surface area (Å²) < 4.78 is 2.06. The van der Waals surface area contributed by atoms with Gasteiger partial charge in [-0.15, -0.1) is 0 Å². The third-order valence-electron chi connectivity index (χ3n) is 2.87. The lowest BCUT2D eigenvalue weighted by Crippen LogP contribution is -2.35. The number of aromatic nitrogens is 1. The third kappa shape index (κ3) is 3.17. The first-order valence-electron chi connectivity index (χ1n) is 6.04. The van der Waals surface area contributed by atoms with Crippen LogP contribution in [0, 0.1) is 0 Å². The number of rotatable bonds is 4. The Morgan fingerprint density at radius 1 is 1.11 bits per heavy atom. The number of hydrogen-bond acceptors (Lipinski definition) is 1. The molecule has 18 heavy (non-hydrogen) atoms. The Kier molecular flexibility index (Phi) is 4.07. The zero-order valence-electron chi connectivity index (χ0n) is 10.5. The normalized spacial score (nSPS) is 10.1. The number of carbonyl (C=O) groups is 1. The summed E-state index contributed by atoms with van der Waals surface area (Å²) in [5, 5.41) is 2.92. The number of nitrogens with zero attached hydrogens (tertiary/aromatic N) is 1. The number of benzene rings is 1. The standard InChI is InChI=1S/C15H16N2O/c1-17-12-6-5-9-14(17)10-11-16-15(18)13-7-3-2-4-8-13/h2-9,12H,10-11H2,1H3/p+1. The van der Waals surface area contributed by atoms with Gasteiger partial charge in [-0.3, -0.25) is 4.79 Å². The number of amides is 1. The molecule has 1 amide bonds. The molecule has 0 unspecified atom stereocenters. The number of nitrogens with one attached hydrogen (secondary N) is 1. The summed E-state index contributed by atoms with van der Waals surface area (Å²) in [6.45, 7) is 0.644. The molecule has 92 valence electrons. The molecule has 0 aliphatic heterocycles. The zero-order chi connectivity index (χ0) is 12.8. The van der Waals surface area contributed by atoms with Crippen molar-refractivity contribution in [3.8, 4) is 0 Å². The van der Waals surface area contributed by atoms with Gasteiger partial charge < -0.3 is 5.32 Å². The average Bonchev–Trinajstić information content (AvgIpc) is 2.42. The molecule has 0 spiro atoms. The van der Waals surface area contributed by atoms with Crippen LogP contribution in [0.15, 0.2) is 54.7 Å². The van der Waals surface area contributed by atoms with E-state index in [1.807, 2.05) is 55.7 Å². The number of aryl methyl sites for hydroxylation is 1. The van der Waals surface area contributed by atoms with Crippen LogP contribution in [0.1, 0.15) is 16.1 Å². The van der Waals surface area contributed by atoms with Gasteiger partial charge in [0.05, 0.1) is 0 Å². The molecule has 1 aromatic heterocycles. The van der Waals surface area contributed by atoms with E-state index in [1.165, 1.54) is 5.69 Å². The summed E-state index contributed by atoms with van der Waals surface area (Å²) in [6.07, 6.45) is 2.84. The van der Waals surface area contributed by atoms with E-state index in [1.54, 1.807) is 0 Å². The smallest absolute Gasteiger partial charge is 0.251 e. The lowest BCUT2D eigenvalue weighted by Gasteiger charge is -2.04. The van der Waals surface area contributed by atoms with Gasteiger partial charge in [0, 0.05) is 30.7 Å². The van der Waals surface area contributed by atoms with E-state index < -0.39 is 0 Å². The molecular weight excluding hydrogens is 224 g/mol. The van der Waals surface area contributed by atoms with Crippen LogP contribution in [0.2, 0.25) is 0 Å². The Balaban J connectivity index is 1.86. The molecule has 0 radical (unpaired) electrons. The molecule has 0 aliphatic rings. The van der Waals surface area contributed by atoms with Crippen molar-refractivity contribution in [3.63, 3.8) is 0 Å². The lowest BCUT2D eigenvalue weighted by molar-refractivity contribution is -0.679. The molecule has 0 bridgehead atoms. The van der Waals surface area contributed by atoms with E-state index in [4.69, 9.17) is 0 Å². The highest BCUT2D eigenvalue weighted by Gasteiger charge is 2.07. The number of carbonyl (C=O) groups excluding carboxylic acids is 1. The van der Waals surface area contributed by atoms with Crippen molar-refractivity contribution < 1.29 is 9.36 Å². The van der Waals surface area contributed by atoms with Crippen LogP contribution < -0.4 is 9.88 Å². The second kappa shape index (κ2) is 5.96. The Morgan fingerprint density at radius 3 is 2.56 bits per heavy atom. The quantitative estimate of drug-likeness (QED) is 0.808. The maximum atomic E-state index is 11.8. The lowest BCUT2D eigenvalue weighted by atomic mass is 10.2. The molecule has 3 nitrogen and oxygen atoms in total. The fraction of sp³-hybridized carbons (Fsp3) is 0.200. The van der Waals surface area contributed by atoms with Gasteiger partial charge in [0.1, 0.15) is 7.05 Å². The predicted molar refractivity (Wildman–Crippen MR) is 70.1 cm³/mol. The Morgan fingerprint density at radius 2 is 1.83 bits per heavy atom. The van der Waals surface area contributed by atoms with Gasteiger partial charge >= 0.3 is 0 Å². The van der Waals surface area contributed by atoms with Crippen molar-refractivity contribution in [2.24, 2.45) is 7.05 Å². The van der Waals surface area contributed by atoms with Crippen molar-refractivity contribution in [1.82, 2.24) is 5.32 Å². The first kappa shape index (κ1) is 12.3. The molecular formula is C15H17N2O+. The van der Waals surface area contributed by atoms with Gasteiger partial charge in [-0.2, -0.15) is 0 Å². The highest BCUT2D eigenvalue weighted by atomic mass is 16.1. The van der Waals surface area contributed by atoms with Crippen LogP contribution in [0.25, 0.3) is 0 Å². The summed E-state index contributed by atoms with van der Waals surface area (Å²) in [5.41, 5.74) is 1.90. The fourth-order valence-electron chi connectivity index (χ4n) is 1.81. The fourth-order valence-corrected chi connectivity index (χ4v) is 1.81. The summed E-state index contributed by atoms with van der Waals surface area (Å²) in [6, 6.07) is 15.3. The zero-order valence-corrected chi connectivity index (χ0v) is 10.5. The molecule has 0 aliphatic carbocycles. The van der Waals surface area contributed by atoms with Crippen molar-refractivity contribution in [2.75, 3.05) is 6.54 Å². The van der Waals surface area contributed by atoms with Crippen LogP contribution >= 0.6 is 0 Å². The first-order chi connectivity index (χ1) is 8.77. The van der Waals surface area contributed by atoms with Gasteiger partial charge in [-0.05, 0) is 12.1 Å². The van der Waals surface area contributed by atoms with Crippen molar-refractivity contribution in [1.29, 1.82) is 0 Å². The minimum Gasteiger partial charge on any atom is -0.351 e. The minimum absolute atomic E-state index is 0.0193. The summed E-state index contributed by atoms with van der Waals surface area (Å²) >= 11 is 0. The summed E-state index contributed by atoms with van der Waals surface area (Å²) in [7, 11) is 2.01. The number of hydrogen-bond donors (Lipinski definition) is 1. The van der Waals surface area contributed by atoms with E-state index in [0.29, 0.717) is 12.1 Å². The maximum absolute atomic E-state index is 11.8. The molecule has 3 heteroatoms. The molecule has 1 N–H and O–H groups in total. The van der Waals surface area contributed by atoms with Crippen LogP contribution in [-0.2, 0) is 13.5 Å². The Hall–Kier alpha value is -2.16. The molecule has 0 fully saturated rings. The van der Waals surface area contributed by atoms with E-state index in [0.717, 1.165) is 6.42 Å². The van der Waals surface area contributed by atoms with E-state index in [2.05, 4.69) is 16.0 Å². The SMILES string of the molecule is C[n+]1ccccc1CCNC(=O)c1ccccc1. The highest BCUT2D eigenvalue weighted by molar-refractivity contribution is 5.94. The highest BCUT2D eigenvalue weighted by Crippen LogP contribution is 1.98. The maximum Gasteiger partial charge on any atom is 0.251 e. The average molecular weight is 241 g/mol. The van der Waals surface area contributed by atoms with Crippen LogP contribution in [-0.4, -0.2) is 12.5 Å². The van der Waals surface area contributed by atoms with Crippen molar-refractivity contribution in [3.05, 3.63) is 66.0 Å². The molecule has 0 saturated heterocycles. The van der Waals surface area contributed by atoms with Gasteiger partial charge in [-0.25, -0.2) is 4.57 Å². The van der Waals surface area contributed by atoms with Gasteiger partial charge in [-0.1, -0.05) is 24.3 Å². The minimum atomic E-state index is -0.0193. The predicted octanol–water partition coefficient (Wildman–Crippen LogP) is 1.48. The monoisotopic (exact) mass is 241 g/mol. The van der Waals surface area contributed by atoms with E-state index in [9.17, 15) is 4.79 Å². The van der Waals surface area contributed by atoms with Crippen LogP contribution in [0.3, 0.4) is 0 Å². The van der Waals surface area contributed by atoms with Gasteiger partial charge in [0.15, 0.2) is 11.9 Å². The van der Waals surface area contributed by atoms with Crippen molar-refractivity contribution in [2.45, 2.75) is 6.42 Å². The first-order valence-corrected chi connectivity index (χ1v) is 6.04. The third-order valence-corrected chi connectivity index (χ3v) is 2.87. The molecule has 2 aromatic rings. The second-order valence-electron chi connectivity index (χ2n) is 4.17. The van der Waals surface area contributed by atoms with Crippen LogP contribution in [0.4, 0.5) is 0 Å². The van der Waals surface area contributed by atoms with Gasteiger partial charge in [0.25, 0.3) is 5.91 Å². The molecule has 2 rings (SSSR count). The molecule has 1 heterocycles. The molecule has 1 aromatic carbocycles. The largest absolute Gasteiger partial charge is 0.351 e. The Labute approximate surface area is 107 Å². The molecule has 0 saturated carbocycles. The Bertz CT molecular complexity index is 523.